The van der Waals surface area contributed by atoms with Crippen molar-refractivity contribution in [3.05, 3.63) is 27.1 Å². The maximum atomic E-state index is 12.3. The molecule has 0 unspecified atom stereocenters. The number of anilines is 1. The molecule has 2 heterocycles. The van der Waals surface area contributed by atoms with Crippen LogP contribution in [0.2, 0.25) is 0 Å². The zero-order valence-corrected chi connectivity index (χ0v) is 15.0. The van der Waals surface area contributed by atoms with Gasteiger partial charge in [-0.15, -0.1) is 23.1 Å². The number of rotatable bonds is 6. The first-order valence-corrected chi connectivity index (χ1v) is 9.31. The lowest BCUT2D eigenvalue weighted by Crippen LogP contribution is -2.12. The van der Waals surface area contributed by atoms with Gasteiger partial charge in [-0.1, -0.05) is 18.3 Å². The van der Waals surface area contributed by atoms with E-state index >= 15 is 0 Å². The summed E-state index contributed by atoms with van der Waals surface area (Å²) >= 11 is 4.19. The number of thiophene rings is 1. The number of nitrogens with one attached hydrogen (secondary N) is 1. The van der Waals surface area contributed by atoms with Gasteiger partial charge in [0.1, 0.15) is 0 Å². The van der Waals surface area contributed by atoms with Gasteiger partial charge in [0, 0.05) is 4.88 Å². The predicted molar refractivity (Wildman–Crippen MR) is 93.2 cm³/mol. The Morgan fingerprint density at radius 1 is 1.36 bits per heavy atom. The number of nitrogens with two attached hydrogens (primary N) is 1. The van der Waals surface area contributed by atoms with Crippen molar-refractivity contribution in [1.29, 1.82) is 0 Å². The number of carbonyl (C=O) groups is 2. The Balaban J connectivity index is 2.08. The van der Waals surface area contributed by atoms with Crippen molar-refractivity contribution < 1.29 is 9.59 Å². The molecule has 118 valence electrons. The molecule has 0 atom stereocenters. The van der Waals surface area contributed by atoms with Crippen molar-refractivity contribution in [3.8, 4) is 0 Å². The van der Waals surface area contributed by atoms with E-state index in [0.717, 1.165) is 16.3 Å². The van der Waals surface area contributed by atoms with E-state index in [1.54, 1.807) is 0 Å². The van der Waals surface area contributed by atoms with Crippen LogP contribution in [0.3, 0.4) is 0 Å². The fourth-order valence-corrected chi connectivity index (χ4v) is 4.73. The Kier molecular flexibility index (Phi) is 5.60. The molecule has 0 fully saturated rings. The van der Waals surface area contributed by atoms with E-state index in [1.165, 1.54) is 44.9 Å². The third-order valence-corrected chi connectivity index (χ3v) is 6.49. The highest BCUT2D eigenvalue weighted by Crippen LogP contribution is 2.32. The Morgan fingerprint density at radius 2 is 2.09 bits per heavy atom. The number of thioether (sulfide) groups is 1. The van der Waals surface area contributed by atoms with Crippen molar-refractivity contribution in [1.82, 2.24) is 4.98 Å². The van der Waals surface area contributed by atoms with E-state index in [-0.39, 0.29) is 17.6 Å². The Hall–Kier alpha value is -1.38. The smallest absolute Gasteiger partial charge is 0.267 e. The third kappa shape index (κ3) is 4.08. The molecule has 0 spiro atoms. The Morgan fingerprint density at radius 3 is 2.68 bits per heavy atom. The first-order chi connectivity index (χ1) is 10.4. The maximum absolute atomic E-state index is 12.3. The summed E-state index contributed by atoms with van der Waals surface area (Å²) < 4.78 is 0.894. The number of hydrogen-bond donors (Lipinski definition) is 2. The zero-order chi connectivity index (χ0) is 16.3. The van der Waals surface area contributed by atoms with E-state index in [4.69, 9.17) is 5.73 Å². The molecule has 0 aliphatic rings. The average molecular weight is 356 g/mol. The number of carbonyl (C=O) groups excluding carboxylic acids is 2. The minimum Gasteiger partial charge on any atom is -0.369 e. The molecule has 0 aliphatic heterocycles. The summed E-state index contributed by atoms with van der Waals surface area (Å²) in [5.74, 6) is -0.307. The second kappa shape index (κ2) is 7.26. The lowest BCUT2D eigenvalue weighted by Gasteiger charge is -1.97. The summed E-state index contributed by atoms with van der Waals surface area (Å²) in [5.41, 5.74) is 7.13. The Labute approximate surface area is 141 Å². The molecule has 0 aliphatic carbocycles. The van der Waals surface area contributed by atoms with Gasteiger partial charge in [0.05, 0.1) is 20.5 Å². The van der Waals surface area contributed by atoms with Gasteiger partial charge in [0.15, 0.2) is 5.13 Å². The number of thiazole rings is 1. The van der Waals surface area contributed by atoms with Crippen LogP contribution >= 0.6 is 34.4 Å². The second-order valence-electron chi connectivity index (χ2n) is 4.65. The summed E-state index contributed by atoms with van der Waals surface area (Å²) in [6, 6.07) is 1.93. The van der Waals surface area contributed by atoms with Gasteiger partial charge >= 0.3 is 0 Å². The average Bonchev–Trinajstić information content (AvgIpc) is 2.99. The highest BCUT2D eigenvalue weighted by atomic mass is 32.2. The van der Waals surface area contributed by atoms with E-state index in [9.17, 15) is 9.59 Å². The molecule has 0 radical (unpaired) electrons. The fourth-order valence-electron chi connectivity index (χ4n) is 1.85. The lowest BCUT2D eigenvalue weighted by atomic mass is 10.2. The van der Waals surface area contributed by atoms with Gasteiger partial charge in [-0.3, -0.25) is 14.9 Å². The van der Waals surface area contributed by atoms with Crippen molar-refractivity contribution >= 4 is 51.4 Å². The monoisotopic (exact) mass is 355 g/mol. The number of primary amides is 1. The van der Waals surface area contributed by atoms with E-state index in [1.807, 2.05) is 19.9 Å². The zero-order valence-electron chi connectivity index (χ0n) is 12.6. The quantitative estimate of drug-likeness (QED) is 0.779. The minimum atomic E-state index is -0.371. The minimum absolute atomic E-state index is 0.145. The predicted octanol–water partition coefficient (Wildman–Crippen LogP) is 3.21. The molecule has 3 N–H and O–H groups in total. The van der Waals surface area contributed by atoms with Crippen LogP contribution in [0.15, 0.2) is 10.3 Å². The van der Waals surface area contributed by atoms with Gasteiger partial charge in [-0.25, -0.2) is 4.98 Å². The molecule has 0 bridgehead atoms. The highest BCUT2D eigenvalue weighted by Gasteiger charge is 2.15. The molecule has 0 saturated carbocycles. The van der Waals surface area contributed by atoms with E-state index in [2.05, 4.69) is 17.2 Å². The summed E-state index contributed by atoms with van der Waals surface area (Å²) in [6.07, 6.45) is 0.917. The number of aryl methyl sites for hydroxylation is 3. The molecule has 2 aromatic heterocycles. The normalized spacial score (nSPS) is 10.7. The summed E-state index contributed by atoms with van der Waals surface area (Å²) in [6.45, 7) is 5.94. The number of nitrogens with zero attached hydrogens (tertiary/aromatic N) is 1. The van der Waals surface area contributed by atoms with Crippen molar-refractivity contribution in [2.24, 2.45) is 5.73 Å². The highest BCUT2D eigenvalue weighted by molar-refractivity contribution is 8.01. The number of hydrogen-bond acceptors (Lipinski definition) is 6. The summed E-state index contributed by atoms with van der Waals surface area (Å²) in [5, 5.41) is 3.36. The van der Waals surface area contributed by atoms with E-state index in [0.29, 0.717) is 10.0 Å². The third-order valence-electron chi connectivity index (χ3n) is 2.95. The molecule has 22 heavy (non-hydrogen) atoms. The van der Waals surface area contributed by atoms with Crippen LogP contribution in [-0.2, 0) is 11.2 Å². The van der Waals surface area contributed by atoms with Crippen LogP contribution in [-0.4, -0.2) is 22.6 Å². The second-order valence-corrected chi connectivity index (χ2v) is 8.15. The van der Waals surface area contributed by atoms with Crippen LogP contribution in [0.1, 0.15) is 32.7 Å². The van der Waals surface area contributed by atoms with Crippen molar-refractivity contribution in [2.75, 3.05) is 11.1 Å². The van der Waals surface area contributed by atoms with Crippen molar-refractivity contribution in [2.45, 2.75) is 31.4 Å². The summed E-state index contributed by atoms with van der Waals surface area (Å²) in [4.78, 5) is 29.3. The van der Waals surface area contributed by atoms with Crippen molar-refractivity contribution in [3.63, 3.8) is 0 Å². The van der Waals surface area contributed by atoms with Gasteiger partial charge in [-0.2, -0.15) is 0 Å². The number of aromatic nitrogens is 1. The molecule has 0 saturated heterocycles. The summed E-state index contributed by atoms with van der Waals surface area (Å²) in [7, 11) is 0. The molecular weight excluding hydrogens is 338 g/mol. The molecular formula is C14H17N3O2S3. The number of amides is 2. The molecule has 2 amide bonds. The van der Waals surface area contributed by atoms with Crippen LogP contribution in [0.25, 0.3) is 0 Å². The molecule has 0 aromatic carbocycles. The van der Waals surface area contributed by atoms with E-state index < -0.39 is 0 Å². The van der Waals surface area contributed by atoms with Gasteiger partial charge in [0.25, 0.3) is 5.91 Å². The molecule has 8 heteroatoms. The van der Waals surface area contributed by atoms with Gasteiger partial charge in [0.2, 0.25) is 5.91 Å². The van der Waals surface area contributed by atoms with Crippen LogP contribution < -0.4 is 11.1 Å². The fraction of sp³-hybridized carbons (Fsp3) is 0.357. The van der Waals surface area contributed by atoms with Crippen LogP contribution in [0.4, 0.5) is 5.13 Å². The first kappa shape index (κ1) is 17.0. The molecule has 2 rings (SSSR count). The largest absolute Gasteiger partial charge is 0.369 e. The Bertz CT molecular complexity index is 706. The topological polar surface area (TPSA) is 85.1 Å². The molecule has 5 nitrogen and oxygen atoms in total. The first-order valence-electron chi connectivity index (χ1n) is 6.69. The molecule has 2 aromatic rings. The standard InChI is InChI=1S/C14H17N3O2S3/c1-4-9-5-10(21-8(9)3)12(19)17-14-16-7(2)13(22-14)20-6-11(15)18/h5H,4,6H2,1-3H3,(H2,15,18)(H,16,17,19). The van der Waals surface area contributed by atoms with Crippen LogP contribution in [0.5, 0.6) is 0 Å². The van der Waals surface area contributed by atoms with Crippen LogP contribution in [0, 0.1) is 13.8 Å². The lowest BCUT2D eigenvalue weighted by molar-refractivity contribution is -0.115. The van der Waals surface area contributed by atoms with Gasteiger partial charge < -0.3 is 5.73 Å². The SMILES string of the molecule is CCc1cc(C(=O)Nc2nc(C)c(SCC(N)=O)s2)sc1C. The van der Waals surface area contributed by atoms with Gasteiger partial charge in [-0.05, 0) is 31.9 Å². The maximum Gasteiger partial charge on any atom is 0.267 e.